The van der Waals surface area contributed by atoms with E-state index in [1.807, 2.05) is 4.90 Å². The zero-order valence-electron chi connectivity index (χ0n) is 13.2. The zero-order valence-corrected chi connectivity index (χ0v) is 13.2. The lowest BCUT2D eigenvalue weighted by atomic mass is 10.0. The van der Waals surface area contributed by atoms with Crippen LogP contribution in [0.15, 0.2) is 24.3 Å². The van der Waals surface area contributed by atoms with E-state index in [1.165, 1.54) is 44.8 Å². The Bertz CT molecular complexity index is 504. The highest BCUT2D eigenvalue weighted by Gasteiger charge is 2.30. The van der Waals surface area contributed by atoms with Crippen molar-refractivity contribution in [3.63, 3.8) is 0 Å². The average Bonchev–Trinajstić information content (AvgIpc) is 2.84. The second-order valence-corrected chi connectivity index (χ2v) is 6.62. The molecule has 0 bridgehead atoms. The van der Waals surface area contributed by atoms with Crippen LogP contribution in [0.25, 0.3) is 0 Å². The SMILES string of the molecule is O=C(c1ccccc1F)N1CCC([NH+]2CCCCCC2)CC1. The lowest BCUT2D eigenvalue weighted by Crippen LogP contribution is -3.16. The molecule has 0 spiro atoms. The summed E-state index contributed by atoms with van der Waals surface area (Å²) in [6.45, 7) is 4.10. The largest absolute Gasteiger partial charge is 0.338 e. The number of rotatable bonds is 2. The van der Waals surface area contributed by atoms with Crippen LogP contribution in [0.3, 0.4) is 0 Å². The number of hydrogen-bond donors (Lipinski definition) is 1. The Labute approximate surface area is 132 Å². The molecule has 4 heteroatoms. The molecule has 2 aliphatic rings. The van der Waals surface area contributed by atoms with Crippen molar-refractivity contribution in [2.75, 3.05) is 26.2 Å². The van der Waals surface area contributed by atoms with E-state index in [1.54, 1.807) is 23.1 Å². The van der Waals surface area contributed by atoms with Gasteiger partial charge in [0.15, 0.2) is 0 Å². The van der Waals surface area contributed by atoms with Crippen LogP contribution in [0, 0.1) is 5.82 Å². The molecular formula is C18H26FN2O+. The van der Waals surface area contributed by atoms with Gasteiger partial charge in [0, 0.05) is 25.9 Å². The van der Waals surface area contributed by atoms with Crippen LogP contribution >= 0.6 is 0 Å². The van der Waals surface area contributed by atoms with Gasteiger partial charge in [0.2, 0.25) is 0 Å². The van der Waals surface area contributed by atoms with Crippen molar-refractivity contribution < 1.29 is 14.1 Å². The van der Waals surface area contributed by atoms with Crippen molar-refractivity contribution in [2.45, 2.75) is 44.6 Å². The summed E-state index contributed by atoms with van der Waals surface area (Å²) in [6.07, 6.45) is 7.51. The lowest BCUT2D eigenvalue weighted by molar-refractivity contribution is -0.926. The molecule has 3 nitrogen and oxygen atoms in total. The van der Waals surface area contributed by atoms with Gasteiger partial charge in [-0.15, -0.1) is 0 Å². The molecule has 0 unspecified atom stereocenters. The van der Waals surface area contributed by atoms with Crippen molar-refractivity contribution in [1.82, 2.24) is 4.90 Å². The second kappa shape index (κ2) is 7.23. The van der Waals surface area contributed by atoms with Gasteiger partial charge in [-0.25, -0.2) is 4.39 Å². The fraction of sp³-hybridized carbons (Fsp3) is 0.611. The molecule has 120 valence electrons. The van der Waals surface area contributed by atoms with Gasteiger partial charge in [-0.05, 0) is 37.8 Å². The molecule has 3 rings (SSSR count). The minimum Gasteiger partial charge on any atom is -0.338 e. The summed E-state index contributed by atoms with van der Waals surface area (Å²) in [5, 5.41) is 0. The van der Waals surface area contributed by atoms with Gasteiger partial charge in [0.25, 0.3) is 5.91 Å². The monoisotopic (exact) mass is 305 g/mol. The Morgan fingerprint density at radius 3 is 2.32 bits per heavy atom. The first kappa shape index (κ1) is 15.5. The molecule has 0 saturated carbocycles. The first-order chi connectivity index (χ1) is 10.8. The van der Waals surface area contributed by atoms with Crippen LogP contribution in [0.1, 0.15) is 48.9 Å². The van der Waals surface area contributed by atoms with Crippen LogP contribution < -0.4 is 4.90 Å². The van der Waals surface area contributed by atoms with E-state index in [4.69, 9.17) is 0 Å². The summed E-state index contributed by atoms with van der Waals surface area (Å²) in [5.74, 6) is -0.560. The number of piperidine rings is 1. The summed E-state index contributed by atoms with van der Waals surface area (Å²) in [7, 11) is 0. The smallest absolute Gasteiger partial charge is 0.256 e. The van der Waals surface area contributed by atoms with Crippen molar-refractivity contribution in [3.05, 3.63) is 35.6 Å². The van der Waals surface area contributed by atoms with Crippen LogP contribution in [-0.4, -0.2) is 43.0 Å². The number of halogens is 1. The van der Waals surface area contributed by atoms with Crippen molar-refractivity contribution in [3.8, 4) is 0 Å². The maximum atomic E-state index is 13.8. The highest BCUT2D eigenvalue weighted by molar-refractivity contribution is 5.94. The molecule has 1 aromatic rings. The van der Waals surface area contributed by atoms with Gasteiger partial charge in [-0.1, -0.05) is 12.1 Å². The fourth-order valence-electron chi connectivity index (χ4n) is 3.89. The summed E-state index contributed by atoms with van der Waals surface area (Å²) < 4.78 is 13.8. The predicted octanol–water partition coefficient (Wildman–Crippen LogP) is 1.89. The van der Waals surface area contributed by atoms with Crippen LogP contribution in [-0.2, 0) is 0 Å². The van der Waals surface area contributed by atoms with Gasteiger partial charge < -0.3 is 9.80 Å². The van der Waals surface area contributed by atoms with E-state index in [9.17, 15) is 9.18 Å². The molecular weight excluding hydrogens is 279 g/mol. The van der Waals surface area contributed by atoms with Gasteiger partial charge in [0.05, 0.1) is 24.7 Å². The quantitative estimate of drug-likeness (QED) is 0.887. The van der Waals surface area contributed by atoms with Crippen molar-refractivity contribution >= 4 is 5.91 Å². The Morgan fingerprint density at radius 2 is 1.68 bits per heavy atom. The van der Waals surface area contributed by atoms with E-state index in [0.29, 0.717) is 6.04 Å². The molecule has 2 fully saturated rings. The van der Waals surface area contributed by atoms with E-state index in [2.05, 4.69) is 0 Å². The Kier molecular flexibility index (Phi) is 5.08. The first-order valence-electron chi connectivity index (χ1n) is 8.64. The van der Waals surface area contributed by atoms with Gasteiger partial charge in [-0.2, -0.15) is 0 Å². The van der Waals surface area contributed by atoms with Crippen LogP contribution in [0.2, 0.25) is 0 Å². The van der Waals surface area contributed by atoms with E-state index in [-0.39, 0.29) is 11.5 Å². The third kappa shape index (κ3) is 3.49. The lowest BCUT2D eigenvalue weighted by Gasteiger charge is -2.36. The molecule has 2 heterocycles. The molecule has 1 amide bonds. The zero-order chi connectivity index (χ0) is 15.4. The van der Waals surface area contributed by atoms with E-state index < -0.39 is 5.82 Å². The number of amides is 1. The fourth-order valence-corrected chi connectivity index (χ4v) is 3.89. The molecule has 1 aromatic carbocycles. The molecule has 0 aliphatic carbocycles. The molecule has 1 N–H and O–H groups in total. The third-order valence-corrected chi connectivity index (χ3v) is 5.21. The Hall–Kier alpha value is -1.42. The summed E-state index contributed by atoms with van der Waals surface area (Å²) in [6, 6.07) is 6.99. The van der Waals surface area contributed by atoms with Gasteiger partial charge in [-0.3, -0.25) is 4.79 Å². The minimum atomic E-state index is -0.409. The number of quaternary nitrogens is 1. The average molecular weight is 305 g/mol. The minimum absolute atomic E-state index is 0.151. The highest BCUT2D eigenvalue weighted by Crippen LogP contribution is 2.15. The van der Waals surface area contributed by atoms with Crippen LogP contribution in [0.5, 0.6) is 0 Å². The summed E-state index contributed by atoms with van der Waals surface area (Å²) >= 11 is 0. The number of carbonyl (C=O) groups excluding carboxylic acids is 1. The molecule has 2 aliphatic heterocycles. The number of likely N-dealkylation sites (tertiary alicyclic amines) is 2. The maximum absolute atomic E-state index is 13.8. The molecule has 0 aromatic heterocycles. The van der Waals surface area contributed by atoms with Gasteiger partial charge in [0.1, 0.15) is 5.82 Å². The Morgan fingerprint density at radius 1 is 1.05 bits per heavy atom. The van der Waals surface area contributed by atoms with Crippen molar-refractivity contribution in [1.29, 1.82) is 0 Å². The van der Waals surface area contributed by atoms with E-state index in [0.717, 1.165) is 25.9 Å². The number of benzene rings is 1. The van der Waals surface area contributed by atoms with E-state index >= 15 is 0 Å². The highest BCUT2D eigenvalue weighted by atomic mass is 19.1. The third-order valence-electron chi connectivity index (χ3n) is 5.21. The second-order valence-electron chi connectivity index (χ2n) is 6.62. The summed E-state index contributed by atoms with van der Waals surface area (Å²) in [4.78, 5) is 16.0. The standard InChI is InChI=1S/C18H25FN2O/c19-17-8-4-3-7-16(17)18(22)21-13-9-15(10-14-21)20-11-5-1-2-6-12-20/h3-4,7-8,15H,1-2,5-6,9-14H2/p+1. The molecule has 22 heavy (non-hydrogen) atoms. The predicted molar refractivity (Wildman–Crippen MR) is 84.5 cm³/mol. The molecule has 2 saturated heterocycles. The first-order valence-corrected chi connectivity index (χ1v) is 8.64. The number of carbonyl (C=O) groups is 1. The molecule has 0 radical (unpaired) electrons. The van der Waals surface area contributed by atoms with Gasteiger partial charge >= 0.3 is 0 Å². The Balaban J connectivity index is 1.57. The van der Waals surface area contributed by atoms with Crippen LogP contribution in [0.4, 0.5) is 4.39 Å². The number of nitrogens with zero attached hydrogens (tertiary/aromatic N) is 1. The summed E-state index contributed by atoms with van der Waals surface area (Å²) in [5.41, 5.74) is 0.211. The number of hydrogen-bond acceptors (Lipinski definition) is 1. The molecule has 0 atom stereocenters. The number of nitrogens with one attached hydrogen (secondary N) is 1. The normalized spacial score (nSPS) is 21.6. The van der Waals surface area contributed by atoms with Crippen molar-refractivity contribution in [2.24, 2.45) is 0 Å². The maximum Gasteiger partial charge on any atom is 0.256 e. The topological polar surface area (TPSA) is 24.8 Å².